The summed E-state index contributed by atoms with van der Waals surface area (Å²) in [6.07, 6.45) is 2.77. The molecule has 6 rings (SSSR count). The van der Waals surface area contributed by atoms with Crippen molar-refractivity contribution in [3.8, 4) is 11.5 Å². The van der Waals surface area contributed by atoms with Gasteiger partial charge in [0.15, 0.2) is 11.5 Å². The van der Waals surface area contributed by atoms with Crippen LogP contribution in [0.3, 0.4) is 0 Å². The molecule has 1 atom stereocenters. The van der Waals surface area contributed by atoms with E-state index in [4.69, 9.17) is 42.4 Å². The molecule has 9 nitrogen and oxygen atoms in total. The molecule has 0 N–H and O–H groups in total. The highest BCUT2D eigenvalue weighted by Gasteiger charge is 2.42. The van der Waals surface area contributed by atoms with E-state index in [-0.39, 0.29) is 11.3 Å². The Morgan fingerprint density at radius 1 is 0.939 bits per heavy atom. The molecule has 3 aromatic carbocycles. The van der Waals surface area contributed by atoms with Crippen LogP contribution in [0, 0.1) is 6.92 Å². The third-order valence-corrected chi connectivity index (χ3v) is 10.9. The maximum Gasteiger partial charge on any atom is 0.254 e. The van der Waals surface area contributed by atoms with E-state index in [1.165, 1.54) is 0 Å². The Morgan fingerprint density at radius 3 is 2.55 bits per heavy atom. The van der Waals surface area contributed by atoms with Crippen molar-refractivity contribution in [3.63, 3.8) is 0 Å². The molecule has 262 valence electrons. The van der Waals surface area contributed by atoms with Crippen LogP contribution in [0.15, 0.2) is 54.6 Å². The Morgan fingerprint density at radius 2 is 1.78 bits per heavy atom. The minimum absolute atomic E-state index is 0.0105. The monoisotopic (exact) mass is 707 g/mol. The number of amides is 1. The second kappa shape index (κ2) is 15.6. The summed E-state index contributed by atoms with van der Waals surface area (Å²) in [5.41, 5.74) is 4.49. The van der Waals surface area contributed by atoms with Crippen LogP contribution < -0.4 is 14.4 Å². The van der Waals surface area contributed by atoms with Gasteiger partial charge >= 0.3 is 0 Å². The molecule has 0 unspecified atom stereocenters. The standard InChI is InChI=1S/C38H47Cl2N5O4/c1-5-49-22-21-45-33-10-7-6-9-32(33)41-37(45)43-16-8-15-42(19-20-43)17-13-38(29-11-12-30(39)31(40)25-29)14-18-44(26-38)36(46)28-23-27(2)35(48-4)34(24-28)47-3/h6-7,9-12,23-25H,5,8,13-22,26H2,1-4H3/t38-/m1/s1. The SMILES string of the molecule is CCOCCn1c(N2CCCN(CC[C@@]3(c4ccc(Cl)c(Cl)c4)CCN(C(=O)c4cc(C)c(OC)c(OC)c4)C3)CC2)nc2ccccc21. The summed E-state index contributed by atoms with van der Waals surface area (Å²) in [5.74, 6) is 2.21. The number of nitrogens with zero attached hydrogens (tertiary/aromatic N) is 5. The van der Waals surface area contributed by atoms with E-state index in [9.17, 15) is 4.79 Å². The van der Waals surface area contributed by atoms with Crippen molar-refractivity contribution in [2.75, 3.05) is 78.1 Å². The average Bonchev–Trinajstić information content (AvgIpc) is 3.63. The fourth-order valence-electron chi connectivity index (χ4n) is 7.51. The number of benzene rings is 3. The van der Waals surface area contributed by atoms with E-state index in [0.29, 0.717) is 53.4 Å². The largest absolute Gasteiger partial charge is 0.493 e. The number of carbonyl (C=O) groups excluding carboxylic acids is 1. The minimum Gasteiger partial charge on any atom is -0.493 e. The number of para-hydroxylation sites is 2. The number of ether oxygens (including phenoxy) is 3. The Hall–Kier alpha value is -3.50. The maximum absolute atomic E-state index is 14.0. The van der Waals surface area contributed by atoms with Crippen molar-refractivity contribution in [2.24, 2.45) is 0 Å². The van der Waals surface area contributed by atoms with Gasteiger partial charge in [-0.05, 0) is 93.7 Å². The highest BCUT2D eigenvalue weighted by atomic mass is 35.5. The lowest BCUT2D eigenvalue weighted by atomic mass is 9.76. The summed E-state index contributed by atoms with van der Waals surface area (Å²) < 4.78 is 19.1. The number of imidazole rings is 1. The second-order valence-corrected chi connectivity index (χ2v) is 13.9. The number of rotatable bonds is 12. The normalized spacial score (nSPS) is 18.7. The molecule has 3 heterocycles. The number of hydrogen-bond acceptors (Lipinski definition) is 7. The Labute approximate surface area is 299 Å². The predicted octanol–water partition coefficient (Wildman–Crippen LogP) is 7.09. The van der Waals surface area contributed by atoms with Gasteiger partial charge in [-0.15, -0.1) is 0 Å². The smallest absolute Gasteiger partial charge is 0.254 e. The third-order valence-electron chi connectivity index (χ3n) is 10.2. The summed E-state index contributed by atoms with van der Waals surface area (Å²) in [6, 6.07) is 18.0. The molecule has 0 saturated carbocycles. The van der Waals surface area contributed by atoms with Crippen LogP contribution in [0.5, 0.6) is 11.5 Å². The van der Waals surface area contributed by atoms with E-state index in [1.54, 1.807) is 20.3 Å². The molecule has 2 aliphatic rings. The van der Waals surface area contributed by atoms with Crippen molar-refractivity contribution in [3.05, 3.63) is 81.3 Å². The van der Waals surface area contributed by atoms with Crippen molar-refractivity contribution < 1.29 is 19.0 Å². The van der Waals surface area contributed by atoms with Crippen molar-refractivity contribution in [2.45, 2.75) is 45.1 Å². The Kier molecular flexibility index (Phi) is 11.2. The third kappa shape index (κ3) is 7.50. The molecule has 1 aromatic heterocycles. The number of halogens is 2. The van der Waals surface area contributed by atoms with Gasteiger partial charge in [-0.2, -0.15) is 0 Å². The topological polar surface area (TPSA) is 72.3 Å². The van der Waals surface area contributed by atoms with E-state index < -0.39 is 0 Å². The number of aromatic nitrogens is 2. The zero-order valence-electron chi connectivity index (χ0n) is 29.0. The molecule has 1 amide bonds. The molecular weight excluding hydrogens is 661 g/mol. The van der Waals surface area contributed by atoms with Crippen LogP contribution in [0.4, 0.5) is 5.95 Å². The zero-order valence-corrected chi connectivity index (χ0v) is 30.5. The fourth-order valence-corrected chi connectivity index (χ4v) is 7.81. The van der Waals surface area contributed by atoms with Crippen LogP contribution in [0.1, 0.15) is 47.7 Å². The highest BCUT2D eigenvalue weighted by Crippen LogP contribution is 2.41. The first-order valence-corrected chi connectivity index (χ1v) is 18.0. The predicted molar refractivity (Wildman–Crippen MR) is 197 cm³/mol. The van der Waals surface area contributed by atoms with Crippen molar-refractivity contribution >= 4 is 46.1 Å². The van der Waals surface area contributed by atoms with Gasteiger partial charge in [-0.25, -0.2) is 4.98 Å². The summed E-state index contributed by atoms with van der Waals surface area (Å²) in [7, 11) is 3.21. The summed E-state index contributed by atoms with van der Waals surface area (Å²) in [5, 5.41) is 1.07. The van der Waals surface area contributed by atoms with E-state index in [0.717, 1.165) is 86.6 Å². The van der Waals surface area contributed by atoms with Crippen LogP contribution in [0.25, 0.3) is 11.0 Å². The van der Waals surface area contributed by atoms with Crippen LogP contribution >= 0.6 is 23.2 Å². The Bertz CT molecular complexity index is 1780. The van der Waals surface area contributed by atoms with E-state index >= 15 is 0 Å². The van der Waals surface area contributed by atoms with E-state index in [2.05, 4.69) is 38.6 Å². The molecule has 11 heteroatoms. The summed E-state index contributed by atoms with van der Waals surface area (Å²) in [4.78, 5) is 26.0. The first-order chi connectivity index (χ1) is 23.8. The van der Waals surface area contributed by atoms with Gasteiger partial charge in [0, 0.05) is 56.9 Å². The van der Waals surface area contributed by atoms with Crippen molar-refractivity contribution in [1.82, 2.24) is 19.4 Å². The Balaban J connectivity index is 1.19. The van der Waals surface area contributed by atoms with Crippen LogP contribution in [0.2, 0.25) is 10.0 Å². The molecular formula is C38H47Cl2N5O4. The van der Waals surface area contributed by atoms with Gasteiger partial charge < -0.3 is 33.5 Å². The van der Waals surface area contributed by atoms with Gasteiger partial charge in [0.1, 0.15) is 0 Å². The van der Waals surface area contributed by atoms with Gasteiger partial charge in [0.05, 0.1) is 41.9 Å². The van der Waals surface area contributed by atoms with Gasteiger partial charge in [0.2, 0.25) is 5.95 Å². The minimum atomic E-state index is -0.255. The lowest BCUT2D eigenvalue weighted by molar-refractivity contribution is 0.0780. The van der Waals surface area contributed by atoms with Gasteiger partial charge in [-0.1, -0.05) is 41.4 Å². The lowest BCUT2D eigenvalue weighted by Gasteiger charge is -2.33. The number of aryl methyl sites for hydroxylation is 1. The van der Waals surface area contributed by atoms with Crippen LogP contribution in [-0.4, -0.2) is 98.5 Å². The molecule has 0 aliphatic carbocycles. The maximum atomic E-state index is 14.0. The second-order valence-electron chi connectivity index (χ2n) is 13.1. The van der Waals surface area contributed by atoms with E-state index in [1.807, 2.05) is 43.0 Å². The molecule has 2 saturated heterocycles. The molecule has 49 heavy (non-hydrogen) atoms. The molecule has 0 spiro atoms. The summed E-state index contributed by atoms with van der Waals surface area (Å²) in [6.45, 7) is 12.0. The number of hydrogen-bond donors (Lipinski definition) is 0. The molecule has 0 radical (unpaired) electrons. The number of fused-ring (bicyclic) bond motifs is 1. The van der Waals surface area contributed by atoms with Gasteiger partial charge in [0.25, 0.3) is 5.91 Å². The molecule has 2 aliphatic heterocycles. The highest BCUT2D eigenvalue weighted by molar-refractivity contribution is 6.42. The van der Waals surface area contributed by atoms with Crippen molar-refractivity contribution in [1.29, 1.82) is 0 Å². The molecule has 2 fully saturated rings. The average molecular weight is 709 g/mol. The number of methoxy groups -OCH3 is 2. The quantitative estimate of drug-likeness (QED) is 0.146. The number of anilines is 1. The molecule has 0 bridgehead atoms. The summed E-state index contributed by atoms with van der Waals surface area (Å²) >= 11 is 13.0. The number of carbonyl (C=O) groups is 1. The first-order valence-electron chi connectivity index (χ1n) is 17.2. The van der Waals surface area contributed by atoms with Gasteiger partial charge in [-0.3, -0.25) is 4.79 Å². The lowest BCUT2D eigenvalue weighted by Crippen LogP contribution is -2.39. The van der Waals surface area contributed by atoms with Crippen LogP contribution in [-0.2, 0) is 16.7 Å². The first kappa shape index (κ1) is 35.3. The number of likely N-dealkylation sites (tertiary alicyclic amines) is 1. The molecule has 4 aromatic rings. The fraction of sp³-hybridized carbons (Fsp3) is 0.474. The zero-order chi connectivity index (χ0) is 34.5.